The molecule has 0 spiro atoms. The molecule has 0 amide bonds. The summed E-state index contributed by atoms with van der Waals surface area (Å²) in [5.74, 6) is 7.92. The summed E-state index contributed by atoms with van der Waals surface area (Å²) < 4.78 is 6.34. The number of hydrogen-bond donors (Lipinski definition) is 0. The van der Waals surface area contributed by atoms with Gasteiger partial charge in [0.2, 0.25) is 0 Å². The van der Waals surface area contributed by atoms with Crippen molar-refractivity contribution in [1.82, 2.24) is 0 Å². The van der Waals surface area contributed by atoms with Gasteiger partial charge in [-0.15, -0.1) is 0 Å². The third-order valence-corrected chi connectivity index (χ3v) is 8.78. The smallest absolute Gasteiger partial charge is 0.123 e. The molecule has 0 aromatic rings. The summed E-state index contributed by atoms with van der Waals surface area (Å²) in [6, 6.07) is 0. The maximum absolute atomic E-state index is 6.34. The van der Waals surface area contributed by atoms with Gasteiger partial charge in [0.15, 0.2) is 0 Å². The second kappa shape index (κ2) is 4.67. The van der Waals surface area contributed by atoms with Crippen molar-refractivity contribution in [3.8, 4) is 0 Å². The molecule has 1 nitrogen and oxygen atoms in total. The number of fused-ring (bicyclic) bond motifs is 2. The van der Waals surface area contributed by atoms with E-state index in [1.807, 2.05) is 12.2 Å². The highest BCUT2D eigenvalue weighted by molar-refractivity contribution is 5.30. The number of allylic oxidation sites excluding steroid dienone is 2. The second-order valence-corrected chi connectivity index (χ2v) is 9.63. The van der Waals surface area contributed by atoms with Crippen LogP contribution in [0.4, 0.5) is 0 Å². The van der Waals surface area contributed by atoms with Crippen LogP contribution in [0.2, 0.25) is 0 Å². The van der Waals surface area contributed by atoms with Gasteiger partial charge in [0.05, 0.1) is 6.26 Å². The van der Waals surface area contributed by atoms with Crippen LogP contribution in [0.3, 0.4) is 0 Å². The summed E-state index contributed by atoms with van der Waals surface area (Å²) in [5, 5.41) is 0. The summed E-state index contributed by atoms with van der Waals surface area (Å²) in [5.41, 5.74) is 0.411. The number of ether oxygens (including phenoxy) is 1. The molecule has 1 radical (unpaired) electrons. The lowest BCUT2D eigenvalue weighted by Gasteiger charge is -2.66. The van der Waals surface area contributed by atoms with Gasteiger partial charge in [0, 0.05) is 5.41 Å². The highest BCUT2D eigenvalue weighted by Crippen LogP contribution is 2.72. The zero-order chi connectivity index (χ0) is 15.0. The quantitative estimate of drug-likeness (QED) is 0.673. The highest BCUT2D eigenvalue weighted by atomic mass is 16.5. The van der Waals surface area contributed by atoms with Crippen LogP contribution in [0.25, 0.3) is 0 Å². The summed E-state index contributed by atoms with van der Waals surface area (Å²) in [6.07, 6.45) is 22.6. The van der Waals surface area contributed by atoms with E-state index in [0.29, 0.717) is 11.5 Å². The molecule has 6 fully saturated rings. The Kier molecular flexibility index (Phi) is 2.75. The fourth-order valence-electron chi connectivity index (χ4n) is 8.41. The molecule has 1 heteroatoms. The second-order valence-electron chi connectivity index (χ2n) is 9.63. The molecule has 123 valence electrons. The van der Waals surface area contributed by atoms with E-state index in [1.165, 1.54) is 57.8 Å². The topological polar surface area (TPSA) is 9.23 Å². The van der Waals surface area contributed by atoms with Crippen LogP contribution in [0.15, 0.2) is 24.5 Å². The SMILES string of the molecule is C1=COC(C2(C3CC4CCC3C4)[C]3CC4CC(C3)CC2C4)C=C1. The monoisotopic (exact) mass is 309 g/mol. The summed E-state index contributed by atoms with van der Waals surface area (Å²) in [4.78, 5) is 0. The van der Waals surface area contributed by atoms with Gasteiger partial charge in [-0.2, -0.15) is 0 Å². The Morgan fingerprint density at radius 1 is 0.870 bits per heavy atom. The largest absolute Gasteiger partial charge is 0.493 e. The molecule has 7 atom stereocenters. The first kappa shape index (κ1) is 13.6. The first-order valence-electron chi connectivity index (χ1n) is 10.2. The Morgan fingerprint density at radius 2 is 1.74 bits per heavy atom. The lowest BCUT2D eigenvalue weighted by Crippen LogP contribution is -2.61. The summed E-state index contributed by atoms with van der Waals surface area (Å²) >= 11 is 0. The van der Waals surface area contributed by atoms with Gasteiger partial charge in [0.1, 0.15) is 6.10 Å². The van der Waals surface area contributed by atoms with Gasteiger partial charge in [-0.25, -0.2) is 0 Å². The van der Waals surface area contributed by atoms with Gasteiger partial charge < -0.3 is 4.74 Å². The third kappa shape index (κ3) is 1.70. The Balaban J connectivity index is 1.46. The molecular weight excluding hydrogens is 280 g/mol. The normalized spacial score (nSPS) is 56.4. The molecule has 7 aliphatic rings. The molecule has 6 saturated carbocycles. The molecule has 0 saturated heterocycles. The van der Waals surface area contributed by atoms with E-state index < -0.39 is 0 Å². The van der Waals surface area contributed by atoms with Gasteiger partial charge >= 0.3 is 0 Å². The van der Waals surface area contributed by atoms with Crippen LogP contribution in [-0.2, 0) is 4.74 Å². The average molecular weight is 309 g/mol. The average Bonchev–Trinajstić information content (AvgIpc) is 3.19. The van der Waals surface area contributed by atoms with Crippen molar-refractivity contribution >= 4 is 0 Å². The predicted octanol–water partition coefficient (Wildman–Crippen LogP) is 5.29. The van der Waals surface area contributed by atoms with E-state index in [1.54, 1.807) is 0 Å². The molecule has 1 aliphatic heterocycles. The fraction of sp³-hybridized carbons (Fsp3) is 0.773. The molecule has 0 N–H and O–H groups in total. The minimum atomic E-state index is 0.344. The molecule has 7 rings (SSSR count). The summed E-state index contributed by atoms with van der Waals surface area (Å²) in [6.45, 7) is 0. The van der Waals surface area contributed by atoms with Crippen molar-refractivity contribution in [2.45, 2.75) is 63.9 Å². The maximum atomic E-state index is 6.34. The van der Waals surface area contributed by atoms with E-state index in [0.717, 1.165) is 35.5 Å². The van der Waals surface area contributed by atoms with Gasteiger partial charge in [0.25, 0.3) is 0 Å². The first-order chi connectivity index (χ1) is 11.3. The fourth-order valence-corrected chi connectivity index (χ4v) is 8.41. The first-order valence-corrected chi connectivity index (χ1v) is 10.2. The van der Waals surface area contributed by atoms with Crippen LogP contribution in [0, 0.1) is 46.8 Å². The van der Waals surface area contributed by atoms with Crippen molar-refractivity contribution in [2.75, 3.05) is 0 Å². The number of rotatable bonds is 2. The maximum Gasteiger partial charge on any atom is 0.123 e. The number of hydrogen-bond acceptors (Lipinski definition) is 1. The molecule has 7 unspecified atom stereocenters. The Morgan fingerprint density at radius 3 is 2.35 bits per heavy atom. The zero-order valence-electron chi connectivity index (χ0n) is 14.1. The van der Waals surface area contributed by atoms with E-state index >= 15 is 0 Å². The molecule has 6 aliphatic carbocycles. The Labute approximate surface area is 140 Å². The third-order valence-electron chi connectivity index (χ3n) is 8.78. The van der Waals surface area contributed by atoms with Crippen molar-refractivity contribution in [3.63, 3.8) is 0 Å². The Bertz CT molecular complexity index is 530. The minimum Gasteiger partial charge on any atom is -0.493 e. The molecular formula is C22H29O. The van der Waals surface area contributed by atoms with Gasteiger partial charge in [-0.1, -0.05) is 12.5 Å². The van der Waals surface area contributed by atoms with E-state index in [-0.39, 0.29) is 0 Å². The standard InChI is InChI=1S/C22H29O/c1-2-6-23-21(3-1)22(20-13-14-4-5-17(20)8-14)18-9-15-7-16(11-18)12-19(22)10-15/h1-3,6,14-18,20-21H,4-5,7-13H2. The van der Waals surface area contributed by atoms with Crippen LogP contribution in [-0.4, -0.2) is 6.10 Å². The predicted molar refractivity (Wildman–Crippen MR) is 91.3 cm³/mol. The van der Waals surface area contributed by atoms with Gasteiger partial charge in [-0.05, 0) is 105 Å². The molecule has 0 aromatic carbocycles. The minimum absolute atomic E-state index is 0.344. The van der Waals surface area contributed by atoms with Crippen LogP contribution < -0.4 is 0 Å². The van der Waals surface area contributed by atoms with E-state index in [4.69, 9.17) is 4.74 Å². The molecule has 0 aromatic heterocycles. The van der Waals surface area contributed by atoms with Crippen LogP contribution in [0.1, 0.15) is 57.8 Å². The zero-order valence-corrected chi connectivity index (χ0v) is 14.1. The van der Waals surface area contributed by atoms with Crippen molar-refractivity contribution in [1.29, 1.82) is 0 Å². The lowest BCUT2D eigenvalue weighted by atomic mass is 9.39. The molecule has 6 bridgehead atoms. The summed E-state index contributed by atoms with van der Waals surface area (Å²) in [7, 11) is 0. The molecule has 1 heterocycles. The highest BCUT2D eigenvalue weighted by Gasteiger charge is 2.66. The van der Waals surface area contributed by atoms with Crippen molar-refractivity contribution in [2.24, 2.45) is 40.9 Å². The van der Waals surface area contributed by atoms with Gasteiger partial charge in [-0.3, -0.25) is 0 Å². The Hall–Kier alpha value is -0.720. The van der Waals surface area contributed by atoms with Crippen molar-refractivity contribution in [3.05, 3.63) is 30.4 Å². The molecule has 23 heavy (non-hydrogen) atoms. The lowest BCUT2D eigenvalue weighted by molar-refractivity contribution is -0.131. The van der Waals surface area contributed by atoms with E-state index in [9.17, 15) is 0 Å². The van der Waals surface area contributed by atoms with Crippen LogP contribution >= 0.6 is 0 Å². The van der Waals surface area contributed by atoms with Crippen molar-refractivity contribution < 1.29 is 4.74 Å². The van der Waals surface area contributed by atoms with Crippen LogP contribution in [0.5, 0.6) is 0 Å². The van der Waals surface area contributed by atoms with E-state index in [2.05, 4.69) is 18.2 Å².